The van der Waals surface area contributed by atoms with Gasteiger partial charge in [-0.2, -0.15) is 0 Å². The first-order chi connectivity index (χ1) is 14.5. The molecule has 180 valence electrons. The number of amides is 1. The number of ketones is 1. The topological polar surface area (TPSA) is 304 Å². The summed E-state index contributed by atoms with van der Waals surface area (Å²) in [6.45, 7) is -1.55. The zero-order valence-electron chi connectivity index (χ0n) is 15.2. The van der Waals surface area contributed by atoms with Gasteiger partial charge in [-0.05, 0) is 11.6 Å². The highest BCUT2D eigenvalue weighted by Gasteiger charge is 2.57. The van der Waals surface area contributed by atoms with Gasteiger partial charge in [-0.25, -0.2) is 8.62 Å². The van der Waals surface area contributed by atoms with Crippen LogP contribution in [0.3, 0.4) is 0 Å². The number of rotatable bonds is 9. The highest BCUT2D eigenvalue weighted by Crippen LogP contribution is 2.61. The highest BCUT2D eigenvalue weighted by atomic mass is 31.3. The van der Waals surface area contributed by atoms with Gasteiger partial charge in [-0.1, -0.05) is 5.11 Å². The molecule has 0 spiro atoms. The number of nitrogens with zero attached hydrogens (tertiary/aromatic N) is 4. The van der Waals surface area contributed by atoms with E-state index in [0.717, 1.165) is 12.3 Å². The summed E-state index contributed by atoms with van der Waals surface area (Å²) in [6.07, 6.45) is -4.96. The molecule has 19 nitrogen and oxygen atoms in total. The molecule has 1 fully saturated rings. The SMILES string of the molecule is [N-]=[N+]=N[C@]1(COP(=O)([O-])OP(=O)([O-])OP(=O)([O-])O)O[C@@H](N2C=CC(=O)CC2=O)[C@H](O)[C@@H]1O. The lowest BCUT2D eigenvalue weighted by atomic mass is 10.1. The minimum absolute atomic E-state index is 0.594. The van der Waals surface area contributed by atoms with Gasteiger partial charge < -0.3 is 39.0 Å². The van der Waals surface area contributed by atoms with E-state index < -0.39 is 72.3 Å². The predicted molar refractivity (Wildman–Crippen MR) is 87.5 cm³/mol. The van der Waals surface area contributed by atoms with E-state index in [1.807, 2.05) is 0 Å². The maximum atomic E-state index is 12.0. The first-order valence-corrected chi connectivity index (χ1v) is 12.3. The number of allylic oxidation sites excluding steroid dienone is 1. The molecule has 22 heteroatoms. The summed E-state index contributed by atoms with van der Waals surface area (Å²) in [4.78, 5) is 67.9. The monoisotopic (exact) mass is 521 g/mol. The van der Waals surface area contributed by atoms with E-state index >= 15 is 0 Å². The molecule has 3 N–H and O–H groups in total. The minimum Gasteiger partial charge on any atom is -0.756 e. The molecule has 0 aromatic rings. The Labute approximate surface area is 176 Å². The largest absolute Gasteiger partial charge is 0.756 e. The van der Waals surface area contributed by atoms with E-state index in [9.17, 15) is 48.2 Å². The predicted octanol–water partition coefficient (Wildman–Crippen LogP) is -3.17. The van der Waals surface area contributed by atoms with Crippen LogP contribution >= 0.6 is 23.5 Å². The number of ether oxygens (including phenoxy) is 1. The first kappa shape index (κ1) is 26.7. The quantitative estimate of drug-likeness (QED) is 0.0886. The van der Waals surface area contributed by atoms with Crippen LogP contribution < -0.4 is 14.7 Å². The summed E-state index contributed by atoms with van der Waals surface area (Å²) in [6, 6.07) is 0. The Hall–Kier alpha value is -1.52. The van der Waals surface area contributed by atoms with E-state index in [4.69, 9.17) is 15.2 Å². The molecule has 1 saturated heterocycles. The molecular formula is C10H12N4O15P3-3. The Morgan fingerprint density at radius 2 is 1.88 bits per heavy atom. The lowest BCUT2D eigenvalue weighted by molar-refractivity contribution is -0.252. The second-order valence-corrected chi connectivity index (χ2v) is 10.3. The van der Waals surface area contributed by atoms with Gasteiger partial charge in [0.2, 0.25) is 11.6 Å². The summed E-state index contributed by atoms with van der Waals surface area (Å²) in [7, 11) is -18.3. The standard InChI is InChI=1S/C10H15N4O15P3/c11-13-12-10(4-26-31(22,23)29-32(24,25)28-30(19,20)21)8(18)7(17)9(27-10)14-2-1-5(15)3-6(14)16/h1-2,7-9,17-18H,3-4H2,(H,22,23)(H,24,25)(H2,19,20,21)/p-3/t7-,8+,9-,10-/m1/s1. The number of carbonyl (C=O) groups is 2. The van der Waals surface area contributed by atoms with Crippen LogP contribution in [0.2, 0.25) is 0 Å². The number of hydrogen-bond donors (Lipinski definition) is 3. The first-order valence-electron chi connectivity index (χ1n) is 7.86. The fourth-order valence-electron chi connectivity index (χ4n) is 2.53. The Morgan fingerprint density at radius 1 is 1.25 bits per heavy atom. The smallest absolute Gasteiger partial charge is 0.280 e. The summed E-state index contributed by atoms with van der Waals surface area (Å²) in [5.41, 5.74) is 5.95. The van der Waals surface area contributed by atoms with E-state index in [2.05, 4.69) is 23.2 Å². The van der Waals surface area contributed by atoms with Crippen molar-refractivity contribution in [2.75, 3.05) is 6.61 Å². The van der Waals surface area contributed by atoms with Gasteiger partial charge in [0.05, 0.1) is 13.0 Å². The van der Waals surface area contributed by atoms with Gasteiger partial charge in [-0.15, -0.1) is 0 Å². The Bertz CT molecular complexity index is 1010. The summed E-state index contributed by atoms with van der Waals surface area (Å²) >= 11 is 0. The van der Waals surface area contributed by atoms with Gasteiger partial charge in [0.1, 0.15) is 12.2 Å². The third kappa shape index (κ3) is 6.51. The molecule has 1 amide bonds. The molecule has 32 heavy (non-hydrogen) atoms. The number of azide groups is 1. The summed E-state index contributed by atoms with van der Waals surface area (Å²) in [5, 5.41) is 23.4. The number of phosphoric ester groups is 1. The van der Waals surface area contributed by atoms with Crippen molar-refractivity contribution < 1.29 is 71.0 Å². The fourth-order valence-corrected chi connectivity index (χ4v) is 5.44. The number of aliphatic hydroxyl groups excluding tert-OH is 2. The molecule has 2 heterocycles. The van der Waals surface area contributed by atoms with Gasteiger partial charge in [-0.3, -0.25) is 28.2 Å². The molecule has 0 bridgehead atoms. The average Bonchev–Trinajstić information content (AvgIpc) is 2.83. The van der Waals surface area contributed by atoms with Gasteiger partial charge >= 0.3 is 0 Å². The molecule has 0 aliphatic carbocycles. The van der Waals surface area contributed by atoms with Crippen molar-refractivity contribution >= 4 is 35.2 Å². The minimum atomic E-state index is -6.24. The van der Waals surface area contributed by atoms with Gasteiger partial charge in [0.25, 0.3) is 23.5 Å². The second kappa shape index (κ2) is 9.38. The van der Waals surface area contributed by atoms with Gasteiger partial charge in [0.15, 0.2) is 12.0 Å². The molecule has 0 radical (unpaired) electrons. The van der Waals surface area contributed by atoms with E-state index in [1.165, 1.54) is 0 Å². The highest BCUT2D eigenvalue weighted by molar-refractivity contribution is 7.65. The summed E-state index contributed by atoms with van der Waals surface area (Å²) < 4.78 is 49.1. The normalized spacial score (nSPS) is 33.8. The Morgan fingerprint density at radius 3 is 2.41 bits per heavy atom. The molecule has 0 saturated carbocycles. The molecule has 2 rings (SSSR count). The van der Waals surface area contributed by atoms with Crippen molar-refractivity contribution in [3.63, 3.8) is 0 Å². The van der Waals surface area contributed by atoms with Crippen LogP contribution in [0.4, 0.5) is 0 Å². The number of aliphatic hydroxyl groups is 2. The van der Waals surface area contributed by atoms with E-state index in [-0.39, 0.29) is 0 Å². The van der Waals surface area contributed by atoms with Crippen molar-refractivity contribution in [3.8, 4) is 0 Å². The Balaban J connectivity index is 2.22. The fraction of sp³-hybridized carbons (Fsp3) is 0.600. The van der Waals surface area contributed by atoms with E-state index in [1.54, 1.807) is 0 Å². The number of phosphoric acid groups is 3. The maximum Gasteiger partial charge on any atom is 0.280 e. The summed E-state index contributed by atoms with van der Waals surface area (Å²) in [5.74, 6) is -1.50. The van der Waals surface area contributed by atoms with Crippen molar-refractivity contribution in [2.45, 2.75) is 30.6 Å². The molecule has 7 atom stereocenters. The molecule has 2 aliphatic rings. The third-order valence-electron chi connectivity index (χ3n) is 3.76. The maximum absolute atomic E-state index is 12.0. The van der Waals surface area contributed by atoms with Crippen LogP contribution in [0.25, 0.3) is 10.4 Å². The zero-order chi connectivity index (χ0) is 24.5. The zero-order valence-corrected chi connectivity index (χ0v) is 17.9. The number of carbonyl (C=O) groups excluding carboxylic acids is 2. The average molecular weight is 521 g/mol. The van der Waals surface area contributed by atoms with Crippen LogP contribution in [0, 0.1) is 0 Å². The van der Waals surface area contributed by atoms with Crippen LogP contribution in [0.15, 0.2) is 17.4 Å². The van der Waals surface area contributed by atoms with Crippen LogP contribution in [0.5, 0.6) is 0 Å². The molecule has 0 aromatic heterocycles. The van der Waals surface area contributed by atoms with Crippen LogP contribution in [0.1, 0.15) is 6.42 Å². The lowest BCUT2D eigenvalue weighted by Crippen LogP contribution is -2.46. The van der Waals surface area contributed by atoms with Crippen molar-refractivity contribution in [2.24, 2.45) is 5.11 Å². The molecule has 3 unspecified atom stereocenters. The van der Waals surface area contributed by atoms with Crippen LogP contribution in [-0.2, 0) is 41.2 Å². The number of hydrogen-bond acceptors (Lipinski definition) is 15. The second-order valence-electron chi connectivity index (χ2n) is 6.04. The molecule has 0 aromatic carbocycles. The van der Waals surface area contributed by atoms with Crippen molar-refractivity contribution in [1.29, 1.82) is 0 Å². The van der Waals surface area contributed by atoms with Crippen molar-refractivity contribution in [3.05, 3.63) is 22.7 Å². The van der Waals surface area contributed by atoms with E-state index in [0.29, 0.717) is 4.90 Å². The third-order valence-corrected chi connectivity index (χ3v) is 7.43. The molecule has 2 aliphatic heterocycles. The van der Waals surface area contributed by atoms with Crippen LogP contribution in [-0.4, -0.2) is 62.5 Å². The lowest BCUT2D eigenvalue weighted by Gasteiger charge is -2.35. The molecular weight excluding hydrogens is 509 g/mol. The Kier molecular flexibility index (Phi) is 7.84. The van der Waals surface area contributed by atoms with Gasteiger partial charge in [0, 0.05) is 11.1 Å². The van der Waals surface area contributed by atoms with Crippen molar-refractivity contribution in [1.82, 2.24) is 4.90 Å².